The second-order valence-corrected chi connectivity index (χ2v) is 2.42. The molecule has 14 heavy (non-hydrogen) atoms. The van der Waals surface area contributed by atoms with Crippen LogP contribution in [0.5, 0.6) is 0 Å². The van der Waals surface area contributed by atoms with Crippen LogP contribution in [0.1, 0.15) is 25.0 Å². The lowest BCUT2D eigenvalue weighted by Crippen LogP contribution is -2.08. The maximum atomic E-state index is 12.0. The first kappa shape index (κ1) is 10.6. The largest absolute Gasteiger partial charge is 0.466 e. The topological polar surface area (TPSA) is 67.9 Å². The Bertz CT molecular complexity index is 314. The molecule has 7 heteroatoms. The Kier molecular flexibility index (Phi) is 3.49. The smallest absolute Gasteiger partial charge is 0.313 e. The Labute approximate surface area is 78.5 Å². The number of aromatic amines is 1. The molecular formula is C7H9F2N3O2. The third-order valence-electron chi connectivity index (χ3n) is 1.36. The predicted octanol–water partition coefficient (Wildman–Crippen LogP) is 0.848. The fourth-order valence-electron chi connectivity index (χ4n) is 0.835. The van der Waals surface area contributed by atoms with E-state index >= 15 is 0 Å². The summed E-state index contributed by atoms with van der Waals surface area (Å²) in [6.45, 7) is 1.90. The summed E-state index contributed by atoms with van der Waals surface area (Å²) >= 11 is 0. The molecule has 1 N–H and O–H groups in total. The molecule has 0 aliphatic carbocycles. The van der Waals surface area contributed by atoms with Crippen LogP contribution in [-0.2, 0) is 16.0 Å². The zero-order chi connectivity index (χ0) is 10.6. The van der Waals surface area contributed by atoms with Gasteiger partial charge in [0.05, 0.1) is 6.61 Å². The first-order valence-corrected chi connectivity index (χ1v) is 3.98. The van der Waals surface area contributed by atoms with Crippen LogP contribution in [0.3, 0.4) is 0 Å². The second-order valence-electron chi connectivity index (χ2n) is 2.42. The maximum absolute atomic E-state index is 12.0. The number of hydrogen-bond donors (Lipinski definition) is 1. The van der Waals surface area contributed by atoms with Gasteiger partial charge in [0.2, 0.25) is 5.82 Å². The standard InChI is InChI=1S/C7H9F2N3O2/c1-2-14-5(13)3-4-10-7(6(8)9)12-11-4/h6H,2-3H2,1H3,(H,10,11,12). The molecule has 0 saturated heterocycles. The van der Waals surface area contributed by atoms with Crippen molar-refractivity contribution in [3.8, 4) is 0 Å². The number of carbonyl (C=O) groups excluding carboxylic acids is 1. The molecule has 0 aliphatic heterocycles. The normalized spacial score (nSPS) is 10.6. The van der Waals surface area contributed by atoms with E-state index in [9.17, 15) is 13.6 Å². The summed E-state index contributed by atoms with van der Waals surface area (Å²) in [6, 6.07) is 0. The van der Waals surface area contributed by atoms with E-state index < -0.39 is 18.2 Å². The van der Waals surface area contributed by atoms with E-state index in [1.54, 1.807) is 6.92 Å². The quantitative estimate of drug-likeness (QED) is 0.740. The van der Waals surface area contributed by atoms with Crippen molar-refractivity contribution in [2.75, 3.05) is 6.61 Å². The molecule has 1 aromatic rings. The number of nitrogens with zero attached hydrogens (tertiary/aromatic N) is 2. The van der Waals surface area contributed by atoms with Crippen molar-refractivity contribution in [3.63, 3.8) is 0 Å². The lowest BCUT2D eigenvalue weighted by Gasteiger charge is -1.97. The Balaban J connectivity index is 2.55. The van der Waals surface area contributed by atoms with E-state index in [1.807, 2.05) is 0 Å². The number of aromatic nitrogens is 3. The SMILES string of the molecule is CCOC(=O)Cc1nc(C(F)F)n[nH]1. The molecule has 1 rings (SSSR count). The van der Waals surface area contributed by atoms with Crippen LogP contribution in [0.2, 0.25) is 0 Å². The van der Waals surface area contributed by atoms with Crippen LogP contribution < -0.4 is 0 Å². The minimum atomic E-state index is -2.73. The minimum absolute atomic E-state index is 0.0822. The van der Waals surface area contributed by atoms with Gasteiger partial charge in [-0.25, -0.2) is 13.8 Å². The van der Waals surface area contributed by atoms with E-state index in [4.69, 9.17) is 0 Å². The molecule has 0 fully saturated rings. The summed E-state index contributed by atoms with van der Waals surface area (Å²) in [5.41, 5.74) is 0. The van der Waals surface area contributed by atoms with Crippen LogP contribution in [0.25, 0.3) is 0 Å². The van der Waals surface area contributed by atoms with Gasteiger partial charge in [-0.2, -0.15) is 5.10 Å². The molecule has 0 aliphatic rings. The van der Waals surface area contributed by atoms with Gasteiger partial charge in [-0.1, -0.05) is 0 Å². The minimum Gasteiger partial charge on any atom is -0.466 e. The Morgan fingerprint density at radius 2 is 2.36 bits per heavy atom. The van der Waals surface area contributed by atoms with Gasteiger partial charge in [-0.05, 0) is 6.92 Å². The fraction of sp³-hybridized carbons (Fsp3) is 0.571. The summed E-state index contributed by atoms with van der Waals surface area (Å²) in [5, 5.41) is 5.47. The highest BCUT2D eigenvalue weighted by molar-refractivity contribution is 5.71. The highest BCUT2D eigenvalue weighted by atomic mass is 19.3. The zero-order valence-corrected chi connectivity index (χ0v) is 7.46. The van der Waals surface area contributed by atoms with Crippen LogP contribution >= 0.6 is 0 Å². The first-order chi connectivity index (χ1) is 6.63. The second kappa shape index (κ2) is 4.64. The number of esters is 1. The number of nitrogens with one attached hydrogen (secondary N) is 1. The van der Waals surface area contributed by atoms with Crippen molar-refractivity contribution in [1.29, 1.82) is 0 Å². The molecular weight excluding hydrogens is 196 g/mol. The molecule has 0 unspecified atom stereocenters. The van der Waals surface area contributed by atoms with E-state index in [0.29, 0.717) is 0 Å². The summed E-state index contributed by atoms with van der Waals surface area (Å²) in [5.74, 6) is -1.05. The van der Waals surface area contributed by atoms with Crippen molar-refractivity contribution in [2.24, 2.45) is 0 Å². The number of ether oxygens (including phenoxy) is 1. The van der Waals surface area contributed by atoms with Crippen LogP contribution in [0, 0.1) is 0 Å². The molecule has 0 bridgehead atoms. The lowest BCUT2D eigenvalue weighted by molar-refractivity contribution is -0.142. The van der Waals surface area contributed by atoms with Gasteiger partial charge in [0.25, 0.3) is 6.43 Å². The van der Waals surface area contributed by atoms with Crippen molar-refractivity contribution in [3.05, 3.63) is 11.6 Å². The average Bonchev–Trinajstić information content (AvgIpc) is 2.53. The van der Waals surface area contributed by atoms with Gasteiger partial charge in [0.15, 0.2) is 0 Å². The van der Waals surface area contributed by atoms with Gasteiger partial charge in [-0.3, -0.25) is 9.89 Å². The van der Waals surface area contributed by atoms with E-state index in [-0.39, 0.29) is 18.9 Å². The molecule has 5 nitrogen and oxygen atoms in total. The number of H-pyrrole nitrogens is 1. The zero-order valence-electron chi connectivity index (χ0n) is 7.46. The van der Waals surface area contributed by atoms with E-state index in [0.717, 1.165) is 0 Å². The average molecular weight is 205 g/mol. The van der Waals surface area contributed by atoms with Crippen LogP contribution in [0.4, 0.5) is 8.78 Å². The summed E-state index contributed by atoms with van der Waals surface area (Å²) in [4.78, 5) is 14.3. The van der Waals surface area contributed by atoms with Crippen LogP contribution in [0.15, 0.2) is 0 Å². The van der Waals surface area contributed by atoms with Crippen molar-refractivity contribution in [1.82, 2.24) is 15.2 Å². The molecule has 0 radical (unpaired) electrons. The van der Waals surface area contributed by atoms with E-state index in [2.05, 4.69) is 19.9 Å². The number of hydrogen-bond acceptors (Lipinski definition) is 4. The Morgan fingerprint density at radius 1 is 1.64 bits per heavy atom. The molecule has 1 heterocycles. The fourth-order valence-corrected chi connectivity index (χ4v) is 0.835. The number of halogens is 2. The Morgan fingerprint density at radius 3 is 2.86 bits per heavy atom. The highest BCUT2D eigenvalue weighted by Gasteiger charge is 2.15. The molecule has 78 valence electrons. The molecule has 0 saturated carbocycles. The van der Waals surface area contributed by atoms with Gasteiger partial charge >= 0.3 is 5.97 Å². The van der Waals surface area contributed by atoms with Crippen LogP contribution in [-0.4, -0.2) is 27.8 Å². The van der Waals surface area contributed by atoms with Gasteiger partial charge < -0.3 is 4.74 Å². The van der Waals surface area contributed by atoms with Gasteiger partial charge in [0, 0.05) is 0 Å². The summed E-state index contributed by atoms with van der Waals surface area (Å²) in [6.07, 6.45) is -2.91. The summed E-state index contributed by atoms with van der Waals surface area (Å²) < 4.78 is 28.6. The maximum Gasteiger partial charge on any atom is 0.313 e. The predicted molar refractivity (Wildman–Crippen MR) is 41.7 cm³/mol. The number of alkyl halides is 2. The van der Waals surface area contributed by atoms with Gasteiger partial charge in [0.1, 0.15) is 12.2 Å². The summed E-state index contributed by atoms with van der Waals surface area (Å²) in [7, 11) is 0. The third-order valence-corrected chi connectivity index (χ3v) is 1.36. The van der Waals surface area contributed by atoms with Crippen molar-refractivity contribution < 1.29 is 18.3 Å². The third kappa shape index (κ3) is 2.75. The Hall–Kier alpha value is -1.53. The molecule has 1 aromatic heterocycles. The van der Waals surface area contributed by atoms with Crippen molar-refractivity contribution >= 4 is 5.97 Å². The monoisotopic (exact) mass is 205 g/mol. The highest BCUT2D eigenvalue weighted by Crippen LogP contribution is 2.12. The molecule has 0 atom stereocenters. The van der Waals surface area contributed by atoms with Gasteiger partial charge in [-0.15, -0.1) is 0 Å². The molecule has 0 amide bonds. The first-order valence-electron chi connectivity index (χ1n) is 3.98. The van der Waals surface area contributed by atoms with Crippen molar-refractivity contribution in [2.45, 2.75) is 19.8 Å². The number of rotatable bonds is 4. The molecule has 0 spiro atoms. The molecule has 0 aromatic carbocycles. The number of carbonyl (C=O) groups is 1. The lowest BCUT2D eigenvalue weighted by atomic mass is 10.4. The van der Waals surface area contributed by atoms with E-state index in [1.165, 1.54) is 0 Å².